The number of rotatable bonds is 5. The molecule has 0 bridgehead atoms. The molecule has 0 radical (unpaired) electrons. The highest BCUT2D eigenvalue weighted by Gasteiger charge is 2.22. The number of nitrogens with two attached hydrogens (primary N) is 1. The quantitative estimate of drug-likeness (QED) is 0.845. The third kappa shape index (κ3) is 4.24. The van der Waals surface area contributed by atoms with Gasteiger partial charge in [0.05, 0.1) is 5.56 Å². The number of piperidine rings is 1. The summed E-state index contributed by atoms with van der Waals surface area (Å²) in [6.45, 7) is 2.74. The van der Waals surface area contributed by atoms with E-state index in [9.17, 15) is 9.59 Å². The molecule has 0 aromatic carbocycles. The molecule has 3 N–H and O–H groups in total. The fourth-order valence-electron chi connectivity index (χ4n) is 3.17. The Balaban J connectivity index is 1.52. The van der Waals surface area contributed by atoms with Gasteiger partial charge in [0.1, 0.15) is 5.69 Å². The SMILES string of the molecule is Cn1cc(C(N)=O)cc1C(=O)NC1CCN(Cc2cccnc2)CC1. The fourth-order valence-corrected chi connectivity index (χ4v) is 3.17. The van der Waals surface area contributed by atoms with Gasteiger partial charge in [-0.2, -0.15) is 0 Å². The van der Waals surface area contributed by atoms with Crippen LogP contribution in [-0.2, 0) is 13.6 Å². The van der Waals surface area contributed by atoms with Crippen LogP contribution >= 0.6 is 0 Å². The van der Waals surface area contributed by atoms with Crippen LogP contribution in [0.5, 0.6) is 0 Å². The van der Waals surface area contributed by atoms with Crippen LogP contribution < -0.4 is 11.1 Å². The van der Waals surface area contributed by atoms with Gasteiger partial charge < -0.3 is 15.6 Å². The van der Waals surface area contributed by atoms with Crippen molar-refractivity contribution in [1.82, 2.24) is 19.8 Å². The first-order valence-corrected chi connectivity index (χ1v) is 8.41. The average Bonchev–Trinajstić information content (AvgIpc) is 3.00. The van der Waals surface area contributed by atoms with Gasteiger partial charge in [0.2, 0.25) is 5.91 Å². The topological polar surface area (TPSA) is 93.2 Å². The molecule has 2 amide bonds. The Kier molecular flexibility index (Phi) is 5.14. The van der Waals surface area contributed by atoms with Crippen molar-refractivity contribution in [2.75, 3.05) is 13.1 Å². The third-order valence-electron chi connectivity index (χ3n) is 4.57. The summed E-state index contributed by atoms with van der Waals surface area (Å²) in [6.07, 6.45) is 7.05. The first-order chi connectivity index (χ1) is 12.0. The number of carbonyl (C=O) groups excluding carboxylic acids is 2. The van der Waals surface area contributed by atoms with Crippen LogP contribution in [0.4, 0.5) is 0 Å². The molecule has 1 aliphatic rings. The van der Waals surface area contributed by atoms with Crippen molar-refractivity contribution in [3.63, 3.8) is 0 Å². The summed E-state index contributed by atoms with van der Waals surface area (Å²) in [5.74, 6) is -0.695. The van der Waals surface area contributed by atoms with Gasteiger partial charge in [-0.3, -0.25) is 19.5 Å². The molecular formula is C18H23N5O2. The van der Waals surface area contributed by atoms with Crippen LogP contribution in [0.3, 0.4) is 0 Å². The Morgan fingerprint density at radius 1 is 1.36 bits per heavy atom. The minimum Gasteiger partial charge on any atom is -0.366 e. The standard InChI is InChI=1S/C18H23N5O2/c1-22-12-14(17(19)24)9-16(22)18(25)21-15-4-7-23(8-5-15)11-13-3-2-6-20-10-13/h2-3,6,9-10,12,15H,4-5,7-8,11H2,1H3,(H2,19,24)(H,21,25). The van der Waals surface area contributed by atoms with Crippen molar-refractivity contribution in [3.05, 3.63) is 53.6 Å². The van der Waals surface area contributed by atoms with Gasteiger partial charge in [-0.05, 0) is 30.5 Å². The molecule has 1 aliphatic heterocycles. The molecule has 0 unspecified atom stereocenters. The summed E-state index contributed by atoms with van der Waals surface area (Å²) in [4.78, 5) is 30.2. The molecule has 1 fully saturated rings. The summed E-state index contributed by atoms with van der Waals surface area (Å²) in [7, 11) is 1.73. The lowest BCUT2D eigenvalue weighted by Crippen LogP contribution is -2.44. The van der Waals surface area contributed by atoms with E-state index in [0.717, 1.165) is 32.5 Å². The molecule has 0 saturated carbocycles. The van der Waals surface area contributed by atoms with Crippen LogP contribution in [0, 0.1) is 0 Å². The molecule has 25 heavy (non-hydrogen) atoms. The van der Waals surface area contributed by atoms with Crippen molar-refractivity contribution in [2.45, 2.75) is 25.4 Å². The number of carbonyl (C=O) groups is 2. The summed E-state index contributed by atoms with van der Waals surface area (Å²) >= 11 is 0. The zero-order valence-electron chi connectivity index (χ0n) is 14.3. The molecule has 0 spiro atoms. The highest BCUT2D eigenvalue weighted by molar-refractivity contribution is 5.98. The van der Waals surface area contributed by atoms with E-state index in [1.807, 2.05) is 12.3 Å². The van der Waals surface area contributed by atoms with Gasteiger partial charge in [0.25, 0.3) is 5.91 Å². The summed E-state index contributed by atoms with van der Waals surface area (Å²) < 4.78 is 1.63. The van der Waals surface area contributed by atoms with Crippen molar-refractivity contribution >= 4 is 11.8 Å². The van der Waals surface area contributed by atoms with Gasteiger partial charge in [-0.15, -0.1) is 0 Å². The maximum atomic E-state index is 12.4. The molecule has 0 aliphatic carbocycles. The Bertz CT molecular complexity index is 748. The van der Waals surface area contributed by atoms with Crippen LogP contribution in [-0.4, -0.2) is 45.4 Å². The van der Waals surface area contributed by atoms with E-state index >= 15 is 0 Å². The number of nitrogens with zero attached hydrogens (tertiary/aromatic N) is 3. The maximum Gasteiger partial charge on any atom is 0.268 e. The van der Waals surface area contributed by atoms with E-state index in [1.165, 1.54) is 11.6 Å². The number of hydrogen-bond donors (Lipinski definition) is 2. The van der Waals surface area contributed by atoms with Crippen LogP contribution in [0.2, 0.25) is 0 Å². The lowest BCUT2D eigenvalue weighted by atomic mass is 10.0. The number of hydrogen-bond acceptors (Lipinski definition) is 4. The van der Waals surface area contributed by atoms with Crippen molar-refractivity contribution in [1.29, 1.82) is 0 Å². The molecule has 0 atom stereocenters. The van der Waals surface area contributed by atoms with Gasteiger partial charge in [-0.25, -0.2) is 0 Å². The van der Waals surface area contributed by atoms with Crippen molar-refractivity contribution in [3.8, 4) is 0 Å². The predicted molar refractivity (Wildman–Crippen MR) is 93.9 cm³/mol. The molecule has 3 heterocycles. The molecule has 1 saturated heterocycles. The third-order valence-corrected chi connectivity index (χ3v) is 4.57. The molecule has 7 heteroatoms. The number of primary amides is 1. The number of nitrogens with one attached hydrogen (secondary N) is 1. The van der Waals surface area contributed by atoms with E-state index in [2.05, 4.69) is 21.3 Å². The van der Waals surface area contributed by atoms with E-state index in [-0.39, 0.29) is 11.9 Å². The Morgan fingerprint density at radius 2 is 2.12 bits per heavy atom. The number of aromatic nitrogens is 2. The van der Waals surface area contributed by atoms with Crippen molar-refractivity contribution < 1.29 is 9.59 Å². The number of amides is 2. The van der Waals surface area contributed by atoms with E-state index < -0.39 is 5.91 Å². The highest BCUT2D eigenvalue weighted by Crippen LogP contribution is 2.15. The van der Waals surface area contributed by atoms with Crippen molar-refractivity contribution in [2.24, 2.45) is 12.8 Å². The van der Waals surface area contributed by atoms with E-state index in [1.54, 1.807) is 24.0 Å². The largest absolute Gasteiger partial charge is 0.366 e. The first kappa shape index (κ1) is 17.2. The zero-order chi connectivity index (χ0) is 17.8. The Hall–Kier alpha value is -2.67. The predicted octanol–water partition coefficient (Wildman–Crippen LogP) is 0.913. The Morgan fingerprint density at radius 3 is 2.72 bits per heavy atom. The van der Waals surface area contributed by atoms with Gasteiger partial charge in [0, 0.05) is 51.3 Å². The fraction of sp³-hybridized carbons (Fsp3) is 0.389. The lowest BCUT2D eigenvalue weighted by molar-refractivity contribution is 0.0900. The van der Waals surface area contributed by atoms with Crippen LogP contribution in [0.1, 0.15) is 39.3 Å². The molecule has 7 nitrogen and oxygen atoms in total. The second kappa shape index (κ2) is 7.48. The van der Waals surface area contributed by atoms with E-state index in [4.69, 9.17) is 5.73 Å². The monoisotopic (exact) mass is 341 g/mol. The van der Waals surface area contributed by atoms with Crippen LogP contribution in [0.25, 0.3) is 0 Å². The summed E-state index contributed by atoms with van der Waals surface area (Å²) in [5, 5.41) is 3.06. The number of likely N-dealkylation sites (tertiary alicyclic amines) is 1. The van der Waals surface area contributed by atoms with Gasteiger partial charge in [-0.1, -0.05) is 6.07 Å². The minimum absolute atomic E-state index is 0.143. The second-order valence-corrected chi connectivity index (χ2v) is 6.47. The normalized spacial score (nSPS) is 15.9. The summed E-state index contributed by atoms with van der Waals surface area (Å²) in [6, 6.07) is 5.70. The number of aryl methyl sites for hydroxylation is 1. The molecule has 2 aromatic rings. The second-order valence-electron chi connectivity index (χ2n) is 6.47. The summed E-state index contributed by atoms with van der Waals surface area (Å²) in [5.41, 5.74) is 7.26. The zero-order valence-corrected chi connectivity index (χ0v) is 14.3. The first-order valence-electron chi connectivity index (χ1n) is 8.41. The average molecular weight is 341 g/mol. The van der Waals surface area contributed by atoms with Gasteiger partial charge >= 0.3 is 0 Å². The molecule has 132 valence electrons. The van der Waals surface area contributed by atoms with E-state index in [0.29, 0.717) is 11.3 Å². The molecular weight excluding hydrogens is 318 g/mol. The Labute approximate surface area is 146 Å². The smallest absolute Gasteiger partial charge is 0.268 e. The number of pyridine rings is 1. The lowest BCUT2D eigenvalue weighted by Gasteiger charge is -2.32. The van der Waals surface area contributed by atoms with Gasteiger partial charge in [0.15, 0.2) is 0 Å². The molecule has 2 aromatic heterocycles. The van der Waals surface area contributed by atoms with Crippen LogP contribution in [0.15, 0.2) is 36.8 Å². The highest BCUT2D eigenvalue weighted by atomic mass is 16.2. The minimum atomic E-state index is -0.529. The molecule has 3 rings (SSSR count). The maximum absolute atomic E-state index is 12.4.